The minimum atomic E-state index is -0.413. The molecule has 25 heavy (non-hydrogen) atoms. The molecule has 0 bridgehead atoms. The maximum Gasteiger partial charge on any atom is 0.325 e. The van der Waals surface area contributed by atoms with Gasteiger partial charge in [0.25, 0.3) is 5.91 Å². The van der Waals surface area contributed by atoms with Crippen LogP contribution in [-0.2, 0) is 6.54 Å². The van der Waals surface area contributed by atoms with E-state index in [1.807, 2.05) is 30.3 Å². The Morgan fingerprint density at radius 2 is 1.76 bits per heavy atom. The lowest BCUT2D eigenvalue weighted by Gasteiger charge is -2.04. The van der Waals surface area contributed by atoms with Crippen LogP contribution in [0, 0.1) is 0 Å². The van der Waals surface area contributed by atoms with Crippen LogP contribution < -0.4 is 16.0 Å². The highest BCUT2D eigenvalue weighted by atomic mass is 32.1. The van der Waals surface area contributed by atoms with Gasteiger partial charge in [0.1, 0.15) is 5.69 Å². The predicted octanol–water partition coefficient (Wildman–Crippen LogP) is 3.11. The van der Waals surface area contributed by atoms with E-state index in [9.17, 15) is 9.59 Å². The zero-order chi connectivity index (χ0) is 17.5. The lowest BCUT2D eigenvalue weighted by atomic mass is 10.2. The van der Waals surface area contributed by atoms with E-state index < -0.39 is 6.03 Å². The van der Waals surface area contributed by atoms with E-state index in [0.717, 1.165) is 5.56 Å². The molecule has 8 heteroatoms. The number of para-hydroxylation sites is 1. The van der Waals surface area contributed by atoms with Gasteiger partial charge in [0, 0.05) is 30.0 Å². The van der Waals surface area contributed by atoms with Crippen molar-refractivity contribution in [2.75, 3.05) is 10.6 Å². The van der Waals surface area contributed by atoms with Crippen molar-refractivity contribution in [1.29, 1.82) is 0 Å². The summed E-state index contributed by atoms with van der Waals surface area (Å²) >= 11 is 1.18. The average molecular weight is 353 g/mol. The number of nitrogens with zero attached hydrogens (tertiary/aromatic N) is 2. The molecule has 0 aliphatic rings. The van der Waals surface area contributed by atoms with Crippen LogP contribution in [0.1, 0.15) is 16.1 Å². The van der Waals surface area contributed by atoms with Gasteiger partial charge in [0.15, 0.2) is 5.13 Å². The van der Waals surface area contributed by atoms with Gasteiger partial charge in [0.2, 0.25) is 0 Å². The Kier molecular flexibility index (Phi) is 5.32. The highest BCUT2D eigenvalue weighted by Crippen LogP contribution is 2.16. The summed E-state index contributed by atoms with van der Waals surface area (Å²) in [7, 11) is 0. The second-order valence-corrected chi connectivity index (χ2v) is 5.88. The summed E-state index contributed by atoms with van der Waals surface area (Å²) in [6.07, 6.45) is 3.33. The average Bonchev–Trinajstić information content (AvgIpc) is 3.10. The molecule has 0 aliphatic carbocycles. The summed E-state index contributed by atoms with van der Waals surface area (Å²) in [4.78, 5) is 32.1. The van der Waals surface area contributed by atoms with E-state index in [1.165, 1.54) is 11.3 Å². The number of urea groups is 1. The smallest absolute Gasteiger partial charge is 0.325 e. The van der Waals surface area contributed by atoms with Gasteiger partial charge in [-0.15, -0.1) is 11.3 Å². The highest BCUT2D eigenvalue weighted by molar-refractivity contribution is 7.14. The van der Waals surface area contributed by atoms with E-state index in [0.29, 0.717) is 17.4 Å². The van der Waals surface area contributed by atoms with Crippen molar-refractivity contribution in [2.24, 2.45) is 0 Å². The van der Waals surface area contributed by atoms with Gasteiger partial charge in [-0.3, -0.25) is 15.1 Å². The van der Waals surface area contributed by atoms with Crippen molar-refractivity contribution in [2.45, 2.75) is 6.54 Å². The van der Waals surface area contributed by atoms with E-state index in [1.54, 1.807) is 29.9 Å². The molecule has 126 valence electrons. The number of nitrogens with one attached hydrogen (secondary N) is 3. The Labute approximate surface area is 148 Å². The van der Waals surface area contributed by atoms with E-state index in [-0.39, 0.29) is 11.6 Å². The molecule has 3 amide bonds. The van der Waals surface area contributed by atoms with Crippen molar-refractivity contribution < 1.29 is 9.59 Å². The Morgan fingerprint density at radius 3 is 2.52 bits per heavy atom. The Hall–Kier alpha value is -3.26. The zero-order valence-corrected chi connectivity index (χ0v) is 13.9. The summed E-state index contributed by atoms with van der Waals surface area (Å²) < 4.78 is 0. The molecule has 0 atom stereocenters. The van der Waals surface area contributed by atoms with Crippen LogP contribution in [0.2, 0.25) is 0 Å². The molecule has 0 saturated carbocycles. The molecule has 2 heterocycles. The van der Waals surface area contributed by atoms with Crippen molar-refractivity contribution >= 4 is 34.1 Å². The SMILES string of the molecule is O=C(Nc1ccccc1)Nc1nc(C(=O)NCc2ccncc2)cs1. The zero-order valence-electron chi connectivity index (χ0n) is 13.1. The number of carbonyl (C=O) groups excluding carboxylic acids is 2. The van der Waals surface area contributed by atoms with Crippen LogP contribution in [-0.4, -0.2) is 21.9 Å². The molecule has 0 saturated heterocycles. The first-order valence-electron chi connectivity index (χ1n) is 7.46. The maximum absolute atomic E-state index is 12.1. The lowest BCUT2D eigenvalue weighted by molar-refractivity contribution is 0.0946. The number of thiazole rings is 1. The fourth-order valence-electron chi connectivity index (χ4n) is 1.99. The molecule has 0 radical (unpaired) electrons. The van der Waals surface area contributed by atoms with Crippen LogP contribution in [0.25, 0.3) is 0 Å². The lowest BCUT2D eigenvalue weighted by Crippen LogP contribution is -2.23. The normalized spacial score (nSPS) is 10.1. The molecule has 0 aliphatic heterocycles. The third-order valence-electron chi connectivity index (χ3n) is 3.19. The van der Waals surface area contributed by atoms with Crippen LogP contribution in [0.3, 0.4) is 0 Å². The molecular formula is C17H15N5O2S. The van der Waals surface area contributed by atoms with Gasteiger partial charge in [0.05, 0.1) is 0 Å². The number of amides is 3. The predicted molar refractivity (Wildman–Crippen MR) is 96.6 cm³/mol. The number of anilines is 2. The molecule has 1 aromatic carbocycles. The molecule has 2 aromatic heterocycles. The molecule has 7 nitrogen and oxygen atoms in total. The number of aromatic nitrogens is 2. The van der Waals surface area contributed by atoms with Gasteiger partial charge < -0.3 is 10.6 Å². The fraction of sp³-hybridized carbons (Fsp3) is 0.0588. The van der Waals surface area contributed by atoms with Gasteiger partial charge in [-0.25, -0.2) is 9.78 Å². The van der Waals surface area contributed by atoms with Gasteiger partial charge in [-0.05, 0) is 29.8 Å². The fourth-order valence-corrected chi connectivity index (χ4v) is 2.68. The largest absolute Gasteiger partial charge is 0.347 e. The van der Waals surface area contributed by atoms with E-state index >= 15 is 0 Å². The summed E-state index contributed by atoms with van der Waals surface area (Å²) in [5.41, 5.74) is 1.88. The molecule has 3 rings (SSSR count). The van der Waals surface area contributed by atoms with Crippen LogP contribution in [0.5, 0.6) is 0 Å². The van der Waals surface area contributed by atoms with Crippen LogP contribution in [0.15, 0.2) is 60.2 Å². The third kappa shape index (κ3) is 4.85. The van der Waals surface area contributed by atoms with Gasteiger partial charge >= 0.3 is 6.03 Å². The van der Waals surface area contributed by atoms with Crippen LogP contribution >= 0.6 is 11.3 Å². The van der Waals surface area contributed by atoms with Crippen molar-refractivity contribution in [1.82, 2.24) is 15.3 Å². The number of hydrogen-bond acceptors (Lipinski definition) is 5. The first-order chi connectivity index (χ1) is 12.2. The van der Waals surface area contributed by atoms with Crippen molar-refractivity contribution in [3.63, 3.8) is 0 Å². The minimum Gasteiger partial charge on any atom is -0.347 e. The summed E-state index contributed by atoms with van der Waals surface area (Å²) in [5.74, 6) is -0.301. The number of benzene rings is 1. The molecular weight excluding hydrogens is 338 g/mol. The number of rotatable bonds is 5. The first-order valence-corrected chi connectivity index (χ1v) is 8.34. The summed E-state index contributed by atoms with van der Waals surface area (Å²) in [6, 6.07) is 12.3. The van der Waals surface area contributed by atoms with E-state index in [2.05, 4.69) is 25.9 Å². The second-order valence-electron chi connectivity index (χ2n) is 5.02. The topological polar surface area (TPSA) is 96.0 Å². The quantitative estimate of drug-likeness (QED) is 0.657. The Balaban J connectivity index is 1.53. The van der Waals surface area contributed by atoms with Gasteiger partial charge in [-0.1, -0.05) is 18.2 Å². The standard InChI is InChI=1S/C17H15N5O2S/c23-15(19-10-12-6-8-18-9-7-12)14-11-25-17(21-14)22-16(24)20-13-4-2-1-3-5-13/h1-9,11H,10H2,(H,19,23)(H2,20,21,22,24). The van der Waals surface area contributed by atoms with E-state index in [4.69, 9.17) is 0 Å². The summed E-state index contributed by atoms with van der Waals surface area (Å²) in [6.45, 7) is 0.385. The molecule has 3 aromatic rings. The van der Waals surface area contributed by atoms with Gasteiger partial charge in [-0.2, -0.15) is 0 Å². The second kappa shape index (κ2) is 8.02. The Morgan fingerprint density at radius 1 is 1.00 bits per heavy atom. The number of pyridine rings is 1. The van der Waals surface area contributed by atoms with Crippen LogP contribution in [0.4, 0.5) is 15.6 Å². The highest BCUT2D eigenvalue weighted by Gasteiger charge is 2.12. The number of hydrogen-bond donors (Lipinski definition) is 3. The van der Waals surface area contributed by atoms with Crippen molar-refractivity contribution in [3.8, 4) is 0 Å². The summed E-state index contributed by atoms with van der Waals surface area (Å²) in [5, 5.41) is 10.0. The first kappa shape index (κ1) is 16.6. The third-order valence-corrected chi connectivity index (χ3v) is 3.95. The Bertz CT molecular complexity index is 852. The minimum absolute atomic E-state index is 0.258. The molecule has 0 unspecified atom stereocenters. The molecule has 0 spiro atoms. The molecule has 3 N–H and O–H groups in total. The van der Waals surface area contributed by atoms with Crippen molar-refractivity contribution in [3.05, 3.63) is 71.5 Å². The maximum atomic E-state index is 12.1. The monoisotopic (exact) mass is 353 g/mol. The molecule has 0 fully saturated rings. The number of carbonyl (C=O) groups is 2.